The third-order valence-corrected chi connectivity index (χ3v) is 2.31. The van der Waals surface area contributed by atoms with Crippen LogP contribution in [0.1, 0.15) is 0 Å². The number of carboxylic acid groups (broad SMARTS) is 1. The molecule has 0 fully saturated rings. The molecule has 0 aliphatic rings. The van der Waals surface area contributed by atoms with Crippen LogP contribution in [0.2, 0.25) is 0 Å². The van der Waals surface area contributed by atoms with Crippen LogP contribution in [0, 0.1) is 5.92 Å². The summed E-state index contributed by atoms with van der Waals surface area (Å²) in [6.07, 6.45) is 1.03. The molecule has 0 spiro atoms. The molecule has 0 saturated heterocycles. The van der Waals surface area contributed by atoms with Crippen molar-refractivity contribution < 1.29 is 18.3 Å². The first kappa shape index (κ1) is 11.4. The van der Waals surface area contributed by atoms with E-state index in [4.69, 9.17) is 5.11 Å². The highest BCUT2D eigenvalue weighted by Crippen LogP contribution is 1.99. The van der Waals surface area contributed by atoms with Gasteiger partial charge in [0.2, 0.25) is 0 Å². The number of aliphatic carboxylic acids is 1. The van der Waals surface area contributed by atoms with Crippen molar-refractivity contribution in [3.8, 4) is 0 Å². The van der Waals surface area contributed by atoms with Crippen molar-refractivity contribution >= 4 is 15.8 Å². The Hall–Kier alpha value is -0.620. The maximum absolute atomic E-state index is 10.7. The Kier molecular flexibility index (Phi) is 4.19. The van der Waals surface area contributed by atoms with Crippen LogP contribution >= 0.6 is 0 Å². The first-order valence-corrected chi connectivity index (χ1v) is 5.48. The minimum atomic E-state index is -3.21. The van der Waals surface area contributed by atoms with Crippen molar-refractivity contribution in [3.63, 3.8) is 0 Å². The van der Waals surface area contributed by atoms with Crippen LogP contribution in [0.4, 0.5) is 0 Å². The summed E-state index contributed by atoms with van der Waals surface area (Å²) in [7, 11) is -1.63. The van der Waals surface area contributed by atoms with Gasteiger partial charge in [-0.15, -0.1) is 0 Å². The molecule has 0 aromatic rings. The zero-order valence-corrected chi connectivity index (χ0v) is 7.89. The van der Waals surface area contributed by atoms with Crippen LogP contribution in [0.3, 0.4) is 0 Å². The number of hydrogen-bond donors (Lipinski definition) is 2. The fraction of sp³-hybridized carbons (Fsp3) is 0.833. The van der Waals surface area contributed by atoms with Crippen LogP contribution in [0.5, 0.6) is 0 Å². The van der Waals surface area contributed by atoms with Crippen molar-refractivity contribution in [1.82, 2.24) is 5.32 Å². The van der Waals surface area contributed by atoms with E-state index in [0.29, 0.717) is 0 Å². The van der Waals surface area contributed by atoms with E-state index in [0.717, 1.165) is 6.26 Å². The summed E-state index contributed by atoms with van der Waals surface area (Å²) in [6.45, 7) is 0.169. The SMILES string of the molecule is CNCC(CS(C)(=O)=O)C(=O)O. The molecule has 0 amide bonds. The highest BCUT2D eigenvalue weighted by atomic mass is 32.2. The molecular formula is C6H13NO4S. The van der Waals surface area contributed by atoms with Crippen LogP contribution in [-0.2, 0) is 14.6 Å². The lowest BCUT2D eigenvalue weighted by Gasteiger charge is -2.09. The van der Waals surface area contributed by atoms with Crippen LogP contribution < -0.4 is 5.32 Å². The average Bonchev–Trinajstić information content (AvgIpc) is 1.83. The summed E-state index contributed by atoms with van der Waals surface area (Å²) in [5.74, 6) is -2.26. The molecule has 0 bridgehead atoms. The van der Waals surface area contributed by atoms with E-state index in [1.54, 1.807) is 7.05 Å². The first-order chi connectivity index (χ1) is 5.37. The first-order valence-electron chi connectivity index (χ1n) is 3.42. The van der Waals surface area contributed by atoms with E-state index >= 15 is 0 Å². The molecule has 0 aromatic heterocycles. The van der Waals surface area contributed by atoms with Gasteiger partial charge in [0, 0.05) is 12.8 Å². The fourth-order valence-electron chi connectivity index (χ4n) is 0.829. The lowest BCUT2D eigenvalue weighted by atomic mass is 10.2. The molecule has 6 heteroatoms. The van der Waals surface area contributed by atoms with Crippen LogP contribution in [-0.4, -0.2) is 45.1 Å². The van der Waals surface area contributed by atoms with Crippen LogP contribution in [0.25, 0.3) is 0 Å². The van der Waals surface area contributed by atoms with Gasteiger partial charge in [-0.25, -0.2) is 8.42 Å². The Morgan fingerprint density at radius 1 is 1.58 bits per heavy atom. The lowest BCUT2D eigenvalue weighted by Crippen LogP contribution is -2.31. The number of nitrogens with one attached hydrogen (secondary N) is 1. The largest absolute Gasteiger partial charge is 0.481 e. The highest BCUT2D eigenvalue weighted by molar-refractivity contribution is 7.90. The second-order valence-corrected chi connectivity index (χ2v) is 4.87. The molecule has 0 heterocycles. The molecule has 0 aromatic carbocycles. The Morgan fingerprint density at radius 2 is 2.08 bits per heavy atom. The van der Waals surface area contributed by atoms with Crippen molar-refractivity contribution in [3.05, 3.63) is 0 Å². The second kappa shape index (κ2) is 4.42. The summed E-state index contributed by atoms with van der Waals surface area (Å²) in [5.41, 5.74) is 0. The summed E-state index contributed by atoms with van der Waals surface area (Å²) < 4.78 is 21.5. The molecule has 0 rings (SSSR count). The number of sulfone groups is 1. The quantitative estimate of drug-likeness (QED) is 0.585. The highest BCUT2D eigenvalue weighted by Gasteiger charge is 2.21. The van der Waals surface area contributed by atoms with E-state index in [1.165, 1.54) is 0 Å². The molecule has 0 saturated carbocycles. The molecule has 72 valence electrons. The van der Waals surface area contributed by atoms with Crippen molar-refractivity contribution in [2.45, 2.75) is 0 Å². The zero-order chi connectivity index (χ0) is 9.78. The third-order valence-electron chi connectivity index (χ3n) is 1.30. The van der Waals surface area contributed by atoms with Gasteiger partial charge in [-0.2, -0.15) is 0 Å². The summed E-state index contributed by atoms with van der Waals surface area (Å²) in [6, 6.07) is 0. The Morgan fingerprint density at radius 3 is 2.33 bits per heavy atom. The van der Waals surface area contributed by atoms with E-state index < -0.39 is 21.7 Å². The number of carboxylic acids is 1. The van der Waals surface area contributed by atoms with E-state index in [1.807, 2.05) is 0 Å². The minimum absolute atomic E-state index is 0.169. The third kappa shape index (κ3) is 5.09. The summed E-state index contributed by atoms with van der Waals surface area (Å²) in [5, 5.41) is 11.2. The Balaban J connectivity index is 4.24. The maximum atomic E-state index is 10.7. The molecule has 0 radical (unpaired) electrons. The van der Waals surface area contributed by atoms with Gasteiger partial charge < -0.3 is 10.4 Å². The summed E-state index contributed by atoms with van der Waals surface area (Å²) >= 11 is 0. The molecule has 5 nitrogen and oxygen atoms in total. The average molecular weight is 195 g/mol. The maximum Gasteiger partial charge on any atom is 0.308 e. The normalized spacial score (nSPS) is 14.2. The Bertz CT molecular complexity index is 246. The topological polar surface area (TPSA) is 83.5 Å². The van der Waals surface area contributed by atoms with Gasteiger partial charge in [-0.1, -0.05) is 0 Å². The van der Waals surface area contributed by atoms with Gasteiger partial charge in [0.25, 0.3) is 0 Å². The molecule has 0 aliphatic carbocycles. The van der Waals surface area contributed by atoms with Crippen molar-refractivity contribution in [2.75, 3.05) is 25.6 Å². The molecular weight excluding hydrogens is 182 g/mol. The number of rotatable bonds is 5. The molecule has 0 aliphatic heterocycles. The van der Waals surface area contributed by atoms with Gasteiger partial charge in [0.05, 0.1) is 11.7 Å². The predicted octanol–water partition coefficient (Wildman–Crippen LogP) is -1.05. The second-order valence-electron chi connectivity index (χ2n) is 2.69. The lowest BCUT2D eigenvalue weighted by molar-refractivity contribution is -0.140. The standard InChI is InChI=1S/C6H13NO4S/c1-7-3-5(6(8)9)4-12(2,10)11/h5,7H,3-4H2,1-2H3,(H,8,9). The van der Waals surface area contributed by atoms with Gasteiger partial charge in [-0.05, 0) is 7.05 Å². The zero-order valence-electron chi connectivity index (χ0n) is 7.07. The monoisotopic (exact) mass is 195 g/mol. The van der Waals surface area contributed by atoms with Gasteiger partial charge >= 0.3 is 5.97 Å². The van der Waals surface area contributed by atoms with Crippen LogP contribution in [0.15, 0.2) is 0 Å². The fourth-order valence-corrected chi connectivity index (χ4v) is 1.82. The van der Waals surface area contributed by atoms with E-state index in [2.05, 4.69) is 5.32 Å². The molecule has 2 N–H and O–H groups in total. The van der Waals surface area contributed by atoms with Gasteiger partial charge in [0.1, 0.15) is 9.84 Å². The van der Waals surface area contributed by atoms with E-state index in [9.17, 15) is 13.2 Å². The molecule has 12 heavy (non-hydrogen) atoms. The predicted molar refractivity (Wildman–Crippen MR) is 44.8 cm³/mol. The van der Waals surface area contributed by atoms with Crippen molar-refractivity contribution in [2.24, 2.45) is 5.92 Å². The van der Waals surface area contributed by atoms with Crippen molar-refractivity contribution in [1.29, 1.82) is 0 Å². The Labute approximate surface area is 71.7 Å². The smallest absolute Gasteiger partial charge is 0.308 e. The van der Waals surface area contributed by atoms with Gasteiger partial charge in [0.15, 0.2) is 0 Å². The van der Waals surface area contributed by atoms with E-state index in [-0.39, 0.29) is 12.3 Å². The number of carbonyl (C=O) groups is 1. The molecule has 1 atom stereocenters. The minimum Gasteiger partial charge on any atom is -0.481 e. The van der Waals surface area contributed by atoms with Gasteiger partial charge in [-0.3, -0.25) is 4.79 Å². The summed E-state index contributed by atoms with van der Waals surface area (Å²) in [4.78, 5) is 10.5. The molecule has 1 unspecified atom stereocenters. The number of hydrogen-bond acceptors (Lipinski definition) is 4.